The van der Waals surface area contributed by atoms with Crippen molar-refractivity contribution < 1.29 is 9.53 Å². The first-order valence-electron chi connectivity index (χ1n) is 15.0. The third-order valence-corrected chi connectivity index (χ3v) is 17.1. The van der Waals surface area contributed by atoms with Gasteiger partial charge in [-0.2, -0.15) is 0 Å². The second-order valence-corrected chi connectivity index (χ2v) is 17.4. The van der Waals surface area contributed by atoms with Crippen molar-refractivity contribution in [1.82, 2.24) is 0 Å². The van der Waals surface area contributed by atoms with Crippen LogP contribution in [0.2, 0.25) is 0 Å². The van der Waals surface area contributed by atoms with Crippen molar-refractivity contribution in [3.8, 4) is 0 Å². The molecule has 5 aromatic carbocycles. The number of carbonyl (C=O) groups excluding carboxylic acids is 1. The Morgan fingerprint density at radius 1 is 0.591 bits per heavy atom. The molecule has 5 aromatic rings. The predicted molar refractivity (Wildman–Crippen MR) is 194 cm³/mol. The third-order valence-electron chi connectivity index (χ3n) is 8.19. The lowest BCUT2D eigenvalue weighted by Crippen LogP contribution is -2.39. The molecule has 0 aliphatic heterocycles. The van der Waals surface area contributed by atoms with Gasteiger partial charge in [-0.1, -0.05) is 176 Å². The molecule has 0 fully saturated rings. The third kappa shape index (κ3) is 5.41. The number of rotatable bonds is 8. The molecule has 218 valence electrons. The van der Waals surface area contributed by atoms with Crippen LogP contribution >= 0.6 is 13.8 Å². The van der Waals surface area contributed by atoms with E-state index >= 15 is 0 Å². The van der Waals surface area contributed by atoms with Gasteiger partial charge in [-0.25, -0.2) is 4.79 Å². The molecular formula is C40H36O2P2. The van der Waals surface area contributed by atoms with Gasteiger partial charge in [-0.15, -0.1) is 0 Å². The molecule has 0 saturated heterocycles. The molecule has 2 nitrogen and oxygen atoms in total. The highest BCUT2D eigenvalue weighted by atomic mass is 31.2. The number of benzene rings is 5. The average molecular weight is 611 g/mol. The second-order valence-electron chi connectivity index (χ2n) is 10.6. The van der Waals surface area contributed by atoms with Crippen LogP contribution in [0.1, 0.15) is 6.92 Å². The van der Waals surface area contributed by atoms with Crippen LogP contribution in [0.25, 0.3) is 0 Å². The first-order valence-corrected chi connectivity index (χ1v) is 18.7. The summed E-state index contributed by atoms with van der Waals surface area (Å²) >= 11 is 0. The summed E-state index contributed by atoms with van der Waals surface area (Å²) in [4.78, 5) is 13.7. The summed E-state index contributed by atoms with van der Waals surface area (Å²) in [5.74, 6) is 1.66. The largest absolute Gasteiger partial charge is 0.463 e. The smallest absolute Gasteiger partial charge is 0.331 e. The zero-order valence-electron chi connectivity index (χ0n) is 24.8. The van der Waals surface area contributed by atoms with E-state index in [2.05, 4.69) is 164 Å². The lowest BCUT2D eigenvalue weighted by molar-refractivity contribution is -0.134. The minimum absolute atomic E-state index is 0.101. The Hall–Kier alpha value is -4.35. The van der Waals surface area contributed by atoms with E-state index in [4.69, 9.17) is 4.74 Å². The Balaban J connectivity index is 1.86. The number of hydrogen-bond donors (Lipinski definition) is 0. The van der Waals surface area contributed by atoms with Crippen molar-refractivity contribution in [2.75, 3.05) is 6.61 Å². The minimum atomic E-state index is -2.62. The molecule has 0 saturated carbocycles. The molecule has 0 amide bonds. The molecule has 0 bridgehead atoms. The van der Waals surface area contributed by atoms with E-state index in [1.165, 1.54) is 21.2 Å². The van der Waals surface area contributed by atoms with Crippen LogP contribution in [0.5, 0.6) is 0 Å². The van der Waals surface area contributed by atoms with Crippen LogP contribution in [0.4, 0.5) is 0 Å². The summed E-state index contributed by atoms with van der Waals surface area (Å²) in [6.07, 6.45) is 9.00. The second kappa shape index (κ2) is 13.5. The van der Waals surface area contributed by atoms with E-state index in [0.29, 0.717) is 6.61 Å². The fourth-order valence-corrected chi connectivity index (χ4v) is 15.9. The number of allylic oxidation sites excluding steroid dienone is 4. The SMILES string of the molecule is CCOC(=O)C=P(c1ccccc1)(c1ccccc1)C1C=CC=CC1=P(c1ccccc1)(c1ccccc1)c1ccccc1. The summed E-state index contributed by atoms with van der Waals surface area (Å²) in [6.45, 7) is -2.88. The fourth-order valence-electron chi connectivity index (χ4n) is 6.42. The topological polar surface area (TPSA) is 26.3 Å². The van der Waals surface area contributed by atoms with Gasteiger partial charge in [-0.05, 0) is 52.5 Å². The summed E-state index contributed by atoms with van der Waals surface area (Å²) in [7, 11) is 0. The summed E-state index contributed by atoms with van der Waals surface area (Å²) in [6, 6.07) is 54.0. The Morgan fingerprint density at radius 3 is 1.36 bits per heavy atom. The van der Waals surface area contributed by atoms with E-state index in [9.17, 15) is 4.79 Å². The van der Waals surface area contributed by atoms with Gasteiger partial charge in [0, 0.05) is 11.5 Å². The Labute approximate surface area is 261 Å². The monoisotopic (exact) mass is 610 g/mol. The van der Waals surface area contributed by atoms with Gasteiger partial charge >= 0.3 is 5.97 Å². The lowest BCUT2D eigenvalue weighted by atomic mass is 10.2. The van der Waals surface area contributed by atoms with Crippen LogP contribution in [0.3, 0.4) is 0 Å². The van der Waals surface area contributed by atoms with Crippen LogP contribution in [0, 0.1) is 0 Å². The molecular weight excluding hydrogens is 574 g/mol. The molecule has 4 heteroatoms. The van der Waals surface area contributed by atoms with Crippen molar-refractivity contribution in [2.24, 2.45) is 0 Å². The Morgan fingerprint density at radius 2 is 0.977 bits per heavy atom. The van der Waals surface area contributed by atoms with Gasteiger partial charge in [0.1, 0.15) is 0 Å². The van der Waals surface area contributed by atoms with Crippen molar-refractivity contribution in [3.63, 3.8) is 0 Å². The zero-order chi connectivity index (χ0) is 30.2. The standard InChI is InChI=1S/C40H36O2P2/c1-2-42-40(41)32-43(33-20-8-3-9-21-33,34-22-10-4-11-23-34)38-30-18-19-31-39(38)44(35-24-12-5-13-25-35,36-26-14-6-15-27-36)37-28-16-7-17-29-37/h3-32,38H,2H2,1H3. The molecule has 1 atom stereocenters. The summed E-state index contributed by atoms with van der Waals surface area (Å²) in [5, 5.41) is 7.47. The Bertz CT molecular complexity index is 1730. The number of hydrogen-bond acceptors (Lipinski definition) is 2. The number of ether oxygens (including phenoxy) is 1. The van der Waals surface area contributed by atoms with Crippen molar-refractivity contribution >= 4 is 57.4 Å². The van der Waals surface area contributed by atoms with E-state index in [1.54, 1.807) is 0 Å². The maximum absolute atomic E-state index is 13.7. The van der Waals surface area contributed by atoms with Crippen LogP contribution < -0.4 is 26.5 Å². The van der Waals surface area contributed by atoms with Gasteiger partial charge in [0.2, 0.25) is 0 Å². The first kappa shape index (κ1) is 29.7. The molecule has 1 aliphatic rings. The molecule has 6 rings (SSSR count). The van der Waals surface area contributed by atoms with Gasteiger partial charge < -0.3 is 4.74 Å². The van der Waals surface area contributed by atoms with E-state index in [-0.39, 0.29) is 11.6 Å². The molecule has 0 aromatic heterocycles. The van der Waals surface area contributed by atoms with Crippen LogP contribution in [0.15, 0.2) is 176 Å². The molecule has 1 unspecified atom stereocenters. The molecule has 0 heterocycles. The number of esters is 1. The normalized spacial score (nSPS) is 14.7. The molecule has 44 heavy (non-hydrogen) atoms. The van der Waals surface area contributed by atoms with Crippen molar-refractivity contribution in [1.29, 1.82) is 0 Å². The van der Waals surface area contributed by atoms with Crippen molar-refractivity contribution in [3.05, 3.63) is 176 Å². The molecule has 0 spiro atoms. The van der Waals surface area contributed by atoms with E-state index in [0.717, 1.165) is 10.6 Å². The van der Waals surface area contributed by atoms with Gasteiger partial charge in [0.15, 0.2) is 0 Å². The highest BCUT2D eigenvalue weighted by molar-refractivity contribution is 7.98. The Kier molecular flexibility index (Phi) is 9.13. The minimum Gasteiger partial charge on any atom is -0.463 e. The fraction of sp³-hybridized carbons (Fsp3) is 0.0750. The van der Waals surface area contributed by atoms with E-state index in [1.807, 2.05) is 24.9 Å². The maximum Gasteiger partial charge on any atom is 0.331 e. The van der Waals surface area contributed by atoms with E-state index < -0.39 is 13.8 Å². The quantitative estimate of drug-likeness (QED) is 0.145. The average Bonchev–Trinajstić information content (AvgIpc) is 3.10. The van der Waals surface area contributed by atoms with Gasteiger partial charge in [0.05, 0.1) is 6.61 Å². The summed E-state index contributed by atoms with van der Waals surface area (Å²) < 4.78 is 5.70. The van der Waals surface area contributed by atoms with Crippen molar-refractivity contribution in [2.45, 2.75) is 12.6 Å². The predicted octanol–water partition coefficient (Wildman–Crippen LogP) is 6.68. The molecule has 1 aliphatic carbocycles. The van der Waals surface area contributed by atoms with Gasteiger partial charge in [0.25, 0.3) is 0 Å². The highest BCUT2D eigenvalue weighted by Gasteiger charge is 2.40. The van der Waals surface area contributed by atoms with Crippen LogP contribution in [-0.4, -0.2) is 29.3 Å². The summed E-state index contributed by atoms with van der Waals surface area (Å²) in [5.41, 5.74) is -0.101. The first-order chi connectivity index (χ1) is 21.7. The maximum atomic E-state index is 13.7. The van der Waals surface area contributed by atoms with Gasteiger partial charge in [-0.3, -0.25) is 0 Å². The molecule has 0 radical (unpaired) electrons. The lowest BCUT2D eigenvalue weighted by Gasteiger charge is -2.41. The van der Waals surface area contributed by atoms with Crippen LogP contribution in [-0.2, 0) is 9.53 Å². The number of carbonyl (C=O) groups is 1. The zero-order valence-corrected chi connectivity index (χ0v) is 26.6. The highest BCUT2D eigenvalue weighted by Crippen LogP contribution is 2.57. The molecule has 0 N–H and O–H groups in total.